The van der Waals surface area contributed by atoms with E-state index in [1.165, 1.54) is 0 Å². The number of halogens is 1. The molecule has 72 valence electrons. The molecule has 14 heavy (non-hydrogen) atoms. The van der Waals surface area contributed by atoms with E-state index in [2.05, 4.69) is 5.32 Å². The fraction of sp³-hybridized carbons (Fsp3) is 0.200. The zero-order valence-corrected chi connectivity index (χ0v) is 8.10. The summed E-state index contributed by atoms with van der Waals surface area (Å²) in [5, 5.41) is 2.83. The second-order valence-electron chi connectivity index (χ2n) is 3.20. The van der Waals surface area contributed by atoms with Crippen molar-refractivity contribution in [3.63, 3.8) is 0 Å². The minimum Gasteiger partial charge on any atom is -0.296 e. The number of hydrogen-bond acceptors (Lipinski definition) is 2. The number of benzene rings is 1. The predicted molar refractivity (Wildman–Crippen MR) is 52.0 cm³/mol. The monoisotopic (exact) mass is 209 g/mol. The number of hydrogen-bond donors (Lipinski definition) is 1. The zero-order valence-electron chi connectivity index (χ0n) is 7.34. The Bertz CT molecular complexity index is 415. The van der Waals surface area contributed by atoms with E-state index in [0.29, 0.717) is 5.02 Å². The van der Waals surface area contributed by atoms with Gasteiger partial charge in [-0.05, 0) is 17.2 Å². The molecule has 0 aliphatic carbocycles. The minimum absolute atomic E-state index is 0.181. The fourth-order valence-electron chi connectivity index (χ4n) is 1.54. The maximum Gasteiger partial charge on any atom is 0.231 e. The van der Waals surface area contributed by atoms with E-state index >= 15 is 0 Å². The SMILES string of the molecule is O=C1Cc2cccc(Cl)c2CC(=O)N1. The average Bonchev–Trinajstić information content (AvgIpc) is 2.23. The summed E-state index contributed by atoms with van der Waals surface area (Å²) in [7, 11) is 0. The van der Waals surface area contributed by atoms with Gasteiger partial charge in [0.1, 0.15) is 0 Å². The Morgan fingerprint density at radius 1 is 1.14 bits per heavy atom. The Hall–Kier alpha value is -1.35. The Morgan fingerprint density at radius 3 is 2.64 bits per heavy atom. The summed E-state index contributed by atoms with van der Waals surface area (Å²) in [5.74, 6) is -0.558. The maximum absolute atomic E-state index is 11.2. The normalized spacial score (nSPS) is 15.8. The molecule has 0 atom stereocenters. The highest BCUT2D eigenvalue weighted by atomic mass is 35.5. The Labute approximate surface area is 86.1 Å². The first-order valence-electron chi connectivity index (χ1n) is 4.26. The van der Waals surface area contributed by atoms with Crippen LogP contribution >= 0.6 is 11.6 Å². The fourth-order valence-corrected chi connectivity index (χ4v) is 1.81. The molecule has 0 bridgehead atoms. The van der Waals surface area contributed by atoms with Crippen LogP contribution in [0.4, 0.5) is 0 Å². The predicted octanol–water partition coefficient (Wildman–Crippen LogP) is 1.08. The second-order valence-corrected chi connectivity index (χ2v) is 3.61. The summed E-state index contributed by atoms with van der Waals surface area (Å²) in [5.41, 5.74) is 1.60. The van der Waals surface area contributed by atoms with E-state index in [4.69, 9.17) is 11.6 Å². The summed E-state index contributed by atoms with van der Waals surface area (Å²) < 4.78 is 0. The largest absolute Gasteiger partial charge is 0.296 e. The molecule has 1 aliphatic rings. The number of carbonyl (C=O) groups is 2. The van der Waals surface area contributed by atoms with Crippen molar-refractivity contribution < 1.29 is 9.59 Å². The van der Waals surface area contributed by atoms with Crippen molar-refractivity contribution in [3.8, 4) is 0 Å². The molecule has 1 aliphatic heterocycles. The lowest BCUT2D eigenvalue weighted by Gasteiger charge is -2.04. The van der Waals surface area contributed by atoms with Crippen molar-refractivity contribution in [3.05, 3.63) is 34.3 Å². The van der Waals surface area contributed by atoms with E-state index in [1.807, 2.05) is 6.07 Å². The maximum atomic E-state index is 11.2. The number of rotatable bonds is 0. The molecular formula is C10H8ClNO2. The Kier molecular flexibility index (Phi) is 2.25. The molecule has 2 amide bonds. The van der Waals surface area contributed by atoms with Crippen molar-refractivity contribution in [2.45, 2.75) is 12.8 Å². The molecule has 1 aromatic rings. The number of imide groups is 1. The molecular weight excluding hydrogens is 202 g/mol. The molecule has 0 fully saturated rings. The Morgan fingerprint density at radius 2 is 1.86 bits per heavy atom. The molecule has 0 unspecified atom stereocenters. The zero-order chi connectivity index (χ0) is 10.1. The van der Waals surface area contributed by atoms with Crippen LogP contribution in [0, 0.1) is 0 Å². The lowest BCUT2D eigenvalue weighted by atomic mass is 10.0. The van der Waals surface area contributed by atoms with Gasteiger partial charge >= 0.3 is 0 Å². The van der Waals surface area contributed by atoms with Gasteiger partial charge in [0.05, 0.1) is 12.8 Å². The molecule has 1 N–H and O–H groups in total. The molecule has 1 aromatic carbocycles. The van der Waals surface area contributed by atoms with Gasteiger partial charge in [0.15, 0.2) is 0 Å². The first-order valence-corrected chi connectivity index (χ1v) is 4.63. The van der Waals surface area contributed by atoms with Crippen molar-refractivity contribution in [2.75, 3.05) is 0 Å². The van der Waals surface area contributed by atoms with Gasteiger partial charge in [-0.1, -0.05) is 23.7 Å². The second kappa shape index (κ2) is 3.42. The van der Waals surface area contributed by atoms with Crippen LogP contribution in [0.2, 0.25) is 5.02 Å². The van der Waals surface area contributed by atoms with Gasteiger partial charge in [0, 0.05) is 5.02 Å². The van der Waals surface area contributed by atoms with E-state index in [9.17, 15) is 9.59 Å². The molecule has 0 saturated carbocycles. The van der Waals surface area contributed by atoms with Gasteiger partial charge in [-0.2, -0.15) is 0 Å². The van der Waals surface area contributed by atoms with Crippen LogP contribution in [-0.4, -0.2) is 11.8 Å². The molecule has 0 spiro atoms. The average molecular weight is 210 g/mol. The van der Waals surface area contributed by atoms with Crippen LogP contribution in [0.15, 0.2) is 18.2 Å². The van der Waals surface area contributed by atoms with Crippen LogP contribution in [0.5, 0.6) is 0 Å². The number of carbonyl (C=O) groups excluding carboxylic acids is 2. The summed E-state index contributed by atoms with van der Waals surface area (Å²) in [4.78, 5) is 22.4. The minimum atomic E-state index is -0.290. The van der Waals surface area contributed by atoms with Gasteiger partial charge in [0.2, 0.25) is 11.8 Å². The number of nitrogens with one attached hydrogen (secondary N) is 1. The quantitative estimate of drug-likeness (QED) is 0.650. The third-order valence-electron chi connectivity index (χ3n) is 2.18. The van der Waals surface area contributed by atoms with Crippen molar-refractivity contribution in [1.82, 2.24) is 5.32 Å². The topological polar surface area (TPSA) is 46.2 Å². The number of fused-ring (bicyclic) bond motifs is 1. The van der Waals surface area contributed by atoms with Crippen LogP contribution in [0.1, 0.15) is 11.1 Å². The smallest absolute Gasteiger partial charge is 0.231 e. The summed E-state index contributed by atoms with van der Waals surface area (Å²) in [6.07, 6.45) is 0.405. The highest BCUT2D eigenvalue weighted by molar-refractivity contribution is 6.31. The van der Waals surface area contributed by atoms with Gasteiger partial charge in [0.25, 0.3) is 0 Å². The van der Waals surface area contributed by atoms with E-state index in [-0.39, 0.29) is 24.7 Å². The summed E-state index contributed by atoms with van der Waals surface area (Å²) in [6, 6.07) is 5.33. The standard InChI is InChI=1S/C10H8ClNO2/c11-8-3-1-2-6-4-9(13)12-10(14)5-7(6)8/h1-3H,4-5H2,(H,12,13,14). The van der Waals surface area contributed by atoms with Crippen molar-refractivity contribution >= 4 is 23.4 Å². The Balaban J connectivity index is 2.51. The third-order valence-corrected chi connectivity index (χ3v) is 2.54. The first kappa shape index (κ1) is 9.21. The van der Waals surface area contributed by atoms with Crippen LogP contribution < -0.4 is 5.32 Å². The molecule has 0 radical (unpaired) electrons. The molecule has 0 aromatic heterocycles. The summed E-state index contributed by atoms with van der Waals surface area (Å²) in [6.45, 7) is 0. The molecule has 0 saturated heterocycles. The van der Waals surface area contributed by atoms with Gasteiger partial charge < -0.3 is 0 Å². The highest BCUT2D eigenvalue weighted by Gasteiger charge is 2.19. The highest BCUT2D eigenvalue weighted by Crippen LogP contribution is 2.22. The molecule has 4 heteroatoms. The van der Waals surface area contributed by atoms with Gasteiger partial charge in [-0.3, -0.25) is 14.9 Å². The van der Waals surface area contributed by atoms with E-state index < -0.39 is 0 Å². The van der Waals surface area contributed by atoms with E-state index in [1.54, 1.807) is 12.1 Å². The first-order chi connectivity index (χ1) is 6.66. The van der Waals surface area contributed by atoms with Crippen molar-refractivity contribution in [2.24, 2.45) is 0 Å². The molecule has 2 rings (SSSR count). The van der Waals surface area contributed by atoms with Gasteiger partial charge in [-0.25, -0.2) is 0 Å². The van der Waals surface area contributed by atoms with Crippen molar-refractivity contribution in [1.29, 1.82) is 0 Å². The molecule has 3 nitrogen and oxygen atoms in total. The van der Waals surface area contributed by atoms with Gasteiger partial charge in [-0.15, -0.1) is 0 Å². The summed E-state index contributed by atoms with van der Waals surface area (Å²) >= 11 is 5.94. The number of amides is 2. The third kappa shape index (κ3) is 1.63. The van der Waals surface area contributed by atoms with Crippen LogP contribution in [-0.2, 0) is 22.4 Å². The van der Waals surface area contributed by atoms with Crippen LogP contribution in [0.25, 0.3) is 0 Å². The lowest BCUT2D eigenvalue weighted by molar-refractivity contribution is -0.129. The van der Waals surface area contributed by atoms with Crippen LogP contribution in [0.3, 0.4) is 0 Å². The lowest BCUT2D eigenvalue weighted by Crippen LogP contribution is -2.30. The molecule has 1 heterocycles. The van der Waals surface area contributed by atoms with E-state index in [0.717, 1.165) is 11.1 Å².